The molecule has 0 saturated heterocycles. The van der Waals surface area contributed by atoms with Crippen molar-refractivity contribution in [2.75, 3.05) is 6.26 Å². The van der Waals surface area contributed by atoms with Gasteiger partial charge in [-0.2, -0.15) is 0 Å². The summed E-state index contributed by atoms with van der Waals surface area (Å²) in [5.41, 5.74) is 5.83. The third kappa shape index (κ3) is 1.93. The van der Waals surface area contributed by atoms with Gasteiger partial charge < -0.3 is 0 Å². The SMILES string of the molecule is C=C1c2ccc(CC)c(C=O)c2C(C)=NC1SC. The van der Waals surface area contributed by atoms with Gasteiger partial charge in [-0.25, -0.2) is 0 Å². The maximum atomic E-state index is 11.4. The molecule has 0 aromatic heterocycles. The molecular formula is C15H17NOS. The summed E-state index contributed by atoms with van der Waals surface area (Å²) in [5, 5.41) is 0.0736. The van der Waals surface area contributed by atoms with Crippen LogP contribution in [0.15, 0.2) is 23.7 Å². The predicted octanol–water partition coefficient (Wildman–Crippen LogP) is 3.59. The van der Waals surface area contributed by atoms with Crippen LogP contribution < -0.4 is 0 Å². The highest BCUT2D eigenvalue weighted by molar-refractivity contribution is 7.99. The number of carbonyl (C=O) groups excluding carboxylic acids is 1. The van der Waals surface area contributed by atoms with E-state index in [0.717, 1.165) is 46.2 Å². The van der Waals surface area contributed by atoms with Crippen molar-refractivity contribution in [2.24, 2.45) is 4.99 Å². The van der Waals surface area contributed by atoms with Crippen LogP contribution in [-0.2, 0) is 6.42 Å². The molecule has 1 aromatic carbocycles. The lowest BCUT2D eigenvalue weighted by Crippen LogP contribution is -2.18. The van der Waals surface area contributed by atoms with E-state index in [-0.39, 0.29) is 5.37 Å². The molecule has 0 N–H and O–H groups in total. The fraction of sp³-hybridized carbons (Fsp3) is 0.333. The van der Waals surface area contributed by atoms with Crippen LogP contribution >= 0.6 is 11.8 Å². The van der Waals surface area contributed by atoms with Crippen molar-refractivity contribution >= 4 is 29.3 Å². The lowest BCUT2D eigenvalue weighted by atomic mass is 9.88. The van der Waals surface area contributed by atoms with Gasteiger partial charge in [0, 0.05) is 16.8 Å². The highest BCUT2D eigenvalue weighted by Gasteiger charge is 2.25. The smallest absolute Gasteiger partial charge is 0.151 e. The molecule has 1 unspecified atom stereocenters. The van der Waals surface area contributed by atoms with E-state index in [9.17, 15) is 4.79 Å². The molecule has 94 valence electrons. The highest BCUT2D eigenvalue weighted by Crippen LogP contribution is 2.35. The Hall–Kier alpha value is -1.35. The molecule has 1 aromatic rings. The second-order valence-corrected chi connectivity index (χ2v) is 5.28. The molecule has 18 heavy (non-hydrogen) atoms. The standard InChI is InChI=1S/C15H17NOS/c1-5-11-6-7-12-9(2)15(18-4)16-10(3)14(12)13(11)8-17/h6-8,15H,2,5H2,1,3-4H3. The molecule has 0 fully saturated rings. The predicted molar refractivity (Wildman–Crippen MR) is 79.8 cm³/mol. The van der Waals surface area contributed by atoms with Crippen molar-refractivity contribution in [3.05, 3.63) is 41.0 Å². The van der Waals surface area contributed by atoms with Gasteiger partial charge in [0.15, 0.2) is 6.29 Å². The van der Waals surface area contributed by atoms with Crippen molar-refractivity contribution in [2.45, 2.75) is 25.6 Å². The lowest BCUT2D eigenvalue weighted by Gasteiger charge is -2.25. The molecule has 0 amide bonds. The number of carbonyl (C=O) groups is 1. The molecule has 0 bridgehead atoms. The highest BCUT2D eigenvalue weighted by atomic mass is 32.2. The van der Waals surface area contributed by atoms with E-state index in [1.54, 1.807) is 11.8 Å². The van der Waals surface area contributed by atoms with Crippen LogP contribution in [0.5, 0.6) is 0 Å². The first-order valence-corrected chi connectivity index (χ1v) is 7.30. The molecule has 1 heterocycles. The average molecular weight is 259 g/mol. The van der Waals surface area contributed by atoms with E-state index in [0.29, 0.717) is 0 Å². The van der Waals surface area contributed by atoms with E-state index < -0.39 is 0 Å². The van der Waals surface area contributed by atoms with Crippen LogP contribution in [0.25, 0.3) is 5.57 Å². The van der Waals surface area contributed by atoms with Gasteiger partial charge in [0.1, 0.15) is 5.37 Å². The number of aldehydes is 1. The van der Waals surface area contributed by atoms with Crippen LogP contribution in [0, 0.1) is 0 Å². The summed E-state index contributed by atoms with van der Waals surface area (Å²) in [6.07, 6.45) is 3.83. The van der Waals surface area contributed by atoms with Gasteiger partial charge in [-0.05, 0) is 36.3 Å². The topological polar surface area (TPSA) is 29.4 Å². The number of thioether (sulfide) groups is 1. The maximum absolute atomic E-state index is 11.4. The number of hydrogen-bond acceptors (Lipinski definition) is 3. The summed E-state index contributed by atoms with van der Waals surface area (Å²) >= 11 is 1.67. The fourth-order valence-corrected chi connectivity index (χ4v) is 3.08. The molecule has 0 aliphatic carbocycles. The molecule has 1 atom stereocenters. The molecule has 0 saturated carbocycles. The Morgan fingerprint density at radius 3 is 2.78 bits per heavy atom. The van der Waals surface area contributed by atoms with Crippen molar-refractivity contribution in [3.63, 3.8) is 0 Å². The summed E-state index contributed by atoms with van der Waals surface area (Å²) in [7, 11) is 0. The Labute approximate surface area is 112 Å². The van der Waals surface area contributed by atoms with E-state index in [2.05, 4.69) is 24.6 Å². The molecule has 0 spiro atoms. The number of rotatable bonds is 3. The van der Waals surface area contributed by atoms with Gasteiger partial charge in [0.05, 0.1) is 0 Å². The van der Waals surface area contributed by atoms with Crippen molar-refractivity contribution in [3.8, 4) is 0 Å². The molecule has 3 heteroatoms. The monoisotopic (exact) mass is 259 g/mol. The Morgan fingerprint density at radius 2 is 2.22 bits per heavy atom. The van der Waals surface area contributed by atoms with E-state index in [1.807, 2.05) is 19.2 Å². The molecule has 2 nitrogen and oxygen atoms in total. The van der Waals surface area contributed by atoms with Gasteiger partial charge in [0.2, 0.25) is 0 Å². The molecule has 2 rings (SSSR count). The zero-order valence-electron chi connectivity index (χ0n) is 11.0. The summed E-state index contributed by atoms with van der Waals surface area (Å²) in [4.78, 5) is 16.0. The molecule has 1 aliphatic rings. The van der Waals surface area contributed by atoms with E-state index in [1.165, 1.54) is 0 Å². The Kier molecular flexibility index (Phi) is 3.71. The normalized spacial score (nSPS) is 18.3. The number of benzene rings is 1. The maximum Gasteiger partial charge on any atom is 0.151 e. The Bertz CT molecular complexity index is 546. The zero-order chi connectivity index (χ0) is 13.3. The van der Waals surface area contributed by atoms with Gasteiger partial charge in [-0.1, -0.05) is 25.6 Å². The van der Waals surface area contributed by atoms with Crippen LogP contribution in [0.3, 0.4) is 0 Å². The van der Waals surface area contributed by atoms with E-state index >= 15 is 0 Å². The number of aryl methyl sites for hydroxylation is 1. The van der Waals surface area contributed by atoms with Crippen molar-refractivity contribution in [1.29, 1.82) is 0 Å². The minimum Gasteiger partial charge on any atom is -0.298 e. The third-order valence-electron chi connectivity index (χ3n) is 3.37. The second kappa shape index (κ2) is 5.11. The van der Waals surface area contributed by atoms with Crippen molar-refractivity contribution in [1.82, 2.24) is 0 Å². The minimum atomic E-state index is 0.0736. The second-order valence-electron chi connectivity index (χ2n) is 4.36. The lowest BCUT2D eigenvalue weighted by molar-refractivity contribution is 0.112. The molecule has 1 aliphatic heterocycles. The number of hydrogen-bond donors (Lipinski definition) is 0. The Morgan fingerprint density at radius 1 is 1.50 bits per heavy atom. The van der Waals surface area contributed by atoms with Gasteiger partial charge in [-0.15, -0.1) is 11.8 Å². The number of aliphatic imine (C=N–C) groups is 1. The molecule has 0 radical (unpaired) electrons. The van der Waals surface area contributed by atoms with E-state index in [4.69, 9.17) is 0 Å². The number of fused-ring (bicyclic) bond motifs is 1. The van der Waals surface area contributed by atoms with Gasteiger partial charge in [0.25, 0.3) is 0 Å². The first-order valence-electron chi connectivity index (χ1n) is 6.01. The Balaban J connectivity index is 2.71. The first kappa shape index (κ1) is 13.1. The van der Waals surface area contributed by atoms with Gasteiger partial charge >= 0.3 is 0 Å². The third-order valence-corrected chi connectivity index (χ3v) is 4.21. The summed E-state index contributed by atoms with van der Waals surface area (Å²) in [6, 6.07) is 4.11. The number of nitrogens with zero attached hydrogens (tertiary/aromatic N) is 1. The van der Waals surface area contributed by atoms with Gasteiger partial charge in [-0.3, -0.25) is 9.79 Å². The van der Waals surface area contributed by atoms with Crippen LogP contribution in [0.2, 0.25) is 0 Å². The molecular weight excluding hydrogens is 242 g/mol. The average Bonchev–Trinajstić information content (AvgIpc) is 2.40. The summed E-state index contributed by atoms with van der Waals surface area (Å²) in [6.45, 7) is 8.16. The first-order chi connectivity index (χ1) is 8.63. The summed E-state index contributed by atoms with van der Waals surface area (Å²) in [5.74, 6) is 0. The van der Waals surface area contributed by atoms with Crippen LogP contribution in [-0.4, -0.2) is 23.6 Å². The van der Waals surface area contributed by atoms with Crippen LogP contribution in [0.4, 0.5) is 0 Å². The zero-order valence-corrected chi connectivity index (χ0v) is 11.8. The largest absolute Gasteiger partial charge is 0.298 e. The summed E-state index contributed by atoms with van der Waals surface area (Å²) < 4.78 is 0. The quantitative estimate of drug-likeness (QED) is 0.776. The van der Waals surface area contributed by atoms with Crippen LogP contribution in [0.1, 0.15) is 40.9 Å². The fourth-order valence-electron chi connectivity index (χ4n) is 2.41. The minimum absolute atomic E-state index is 0.0736. The van der Waals surface area contributed by atoms with Crippen molar-refractivity contribution < 1.29 is 4.79 Å².